The molecule has 2 aliphatic heterocycles. The molecule has 4 rings (SSSR count). The summed E-state index contributed by atoms with van der Waals surface area (Å²) in [6, 6.07) is 2.10. The predicted octanol–water partition coefficient (Wildman–Crippen LogP) is 0.318. The van der Waals surface area contributed by atoms with E-state index in [1.807, 2.05) is 6.92 Å². The Morgan fingerprint density at radius 1 is 1.17 bits per heavy atom. The molecule has 0 atom stereocenters. The number of fused-ring (bicyclic) bond motifs is 1. The maximum atomic E-state index is 5.50. The third-order valence-electron chi connectivity index (χ3n) is 4.46. The summed E-state index contributed by atoms with van der Waals surface area (Å²) < 4.78 is 12.8. The van der Waals surface area contributed by atoms with Crippen molar-refractivity contribution in [3.8, 4) is 0 Å². The minimum Gasteiger partial charge on any atom is -0.366 e. The van der Waals surface area contributed by atoms with Gasteiger partial charge in [0.25, 0.3) is 0 Å². The SMILES string of the molecule is Cc1cc(N2CCN(CCC3OCCO3)CC2)c2nncn2n1. The van der Waals surface area contributed by atoms with Crippen LogP contribution >= 0.6 is 0 Å². The highest BCUT2D eigenvalue weighted by molar-refractivity contribution is 5.68. The van der Waals surface area contributed by atoms with Crippen LogP contribution in [-0.2, 0) is 9.47 Å². The lowest BCUT2D eigenvalue weighted by molar-refractivity contribution is -0.0516. The van der Waals surface area contributed by atoms with E-state index in [2.05, 4.69) is 31.2 Å². The lowest BCUT2D eigenvalue weighted by atomic mass is 10.2. The third-order valence-corrected chi connectivity index (χ3v) is 4.46. The highest BCUT2D eigenvalue weighted by atomic mass is 16.7. The second kappa shape index (κ2) is 6.38. The van der Waals surface area contributed by atoms with Crippen LogP contribution in [-0.4, -0.2) is 76.9 Å². The zero-order valence-corrected chi connectivity index (χ0v) is 13.4. The summed E-state index contributed by atoms with van der Waals surface area (Å²) in [7, 11) is 0. The number of piperazine rings is 1. The van der Waals surface area contributed by atoms with E-state index < -0.39 is 0 Å². The number of ether oxygens (including phenoxy) is 2. The summed E-state index contributed by atoms with van der Waals surface area (Å²) >= 11 is 0. The average molecular weight is 318 g/mol. The second-order valence-corrected chi connectivity index (χ2v) is 6.06. The Hall–Kier alpha value is -1.77. The fourth-order valence-electron chi connectivity index (χ4n) is 3.24. The fourth-order valence-corrected chi connectivity index (χ4v) is 3.24. The Balaban J connectivity index is 1.37. The standard InChI is InChI=1S/C15H22N6O2/c1-12-10-13(15-17-16-11-21(15)18-12)20-6-4-19(5-7-20)3-2-14-22-8-9-23-14/h10-11,14H,2-9H2,1H3. The zero-order valence-electron chi connectivity index (χ0n) is 13.4. The number of aryl methyl sites for hydroxylation is 1. The van der Waals surface area contributed by atoms with Crippen molar-refractivity contribution in [3.05, 3.63) is 18.1 Å². The average Bonchev–Trinajstić information content (AvgIpc) is 3.24. The van der Waals surface area contributed by atoms with Gasteiger partial charge in [0.1, 0.15) is 6.33 Å². The molecule has 124 valence electrons. The molecule has 0 N–H and O–H groups in total. The Kier molecular flexibility index (Phi) is 4.11. The maximum absolute atomic E-state index is 5.50. The molecule has 0 spiro atoms. The molecule has 0 radical (unpaired) electrons. The lowest BCUT2D eigenvalue weighted by Gasteiger charge is -2.36. The van der Waals surface area contributed by atoms with Gasteiger partial charge in [0, 0.05) is 39.1 Å². The molecule has 0 bridgehead atoms. The summed E-state index contributed by atoms with van der Waals surface area (Å²) in [5.41, 5.74) is 2.93. The minimum absolute atomic E-state index is 0.00788. The van der Waals surface area contributed by atoms with Crippen LogP contribution in [0.4, 0.5) is 5.69 Å². The number of nitrogens with zero attached hydrogens (tertiary/aromatic N) is 6. The van der Waals surface area contributed by atoms with Crippen LogP contribution in [0, 0.1) is 6.92 Å². The quantitative estimate of drug-likeness (QED) is 0.804. The van der Waals surface area contributed by atoms with Gasteiger partial charge >= 0.3 is 0 Å². The fraction of sp³-hybridized carbons (Fsp3) is 0.667. The van der Waals surface area contributed by atoms with E-state index in [0.29, 0.717) is 0 Å². The summed E-state index contributed by atoms with van der Waals surface area (Å²) in [5, 5.41) is 12.6. The van der Waals surface area contributed by atoms with Gasteiger partial charge in [0.15, 0.2) is 6.29 Å². The first-order chi connectivity index (χ1) is 11.3. The normalized spacial score (nSPS) is 20.7. The molecule has 0 amide bonds. The Labute approximate surface area is 135 Å². The second-order valence-electron chi connectivity index (χ2n) is 6.06. The molecule has 2 aliphatic rings. The molecule has 2 saturated heterocycles. The Morgan fingerprint density at radius 2 is 1.96 bits per heavy atom. The van der Waals surface area contributed by atoms with Gasteiger partial charge < -0.3 is 14.4 Å². The van der Waals surface area contributed by atoms with E-state index in [1.54, 1.807) is 10.8 Å². The molecule has 0 aromatic carbocycles. The molecule has 4 heterocycles. The van der Waals surface area contributed by atoms with Crippen LogP contribution in [0.5, 0.6) is 0 Å². The molecule has 2 aromatic heterocycles. The minimum atomic E-state index is -0.00788. The van der Waals surface area contributed by atoms with Gasteiger partial charge in [-0.1, -0.05) is 0 Å². The van der Waals surface area contributed by atoms with Crippen molar-refractivity contribution in [3.63, 3.8) is 0 Å². The van der Waals surface area contributed by atoms with Gasteiger partial charge in [-0.05, 0) is 13.0 Å². The van der Waals surface area contributed by atoms with Crippen LogP contribution in [0.2, 0.25) is 0 Å². The summed E-state index contributed by atoms with van der Waals surface area (Å²) in [5.74, 6) is 0. The van der Waals surface area contributed by atoms with Crippen molar-refractivity contribution in [1.82, 2.24) is 24.7 Å². The van der Waals surface area contributed by atoms with E-state index in [4.69, 9.17) is 9.47 Å². The van der Waals surface area contributed by atoms with Gasteiger partial charge in [0.2, 0.25) is 5.65 Å². The van der Waals surface area contributed by atoms with Crippen LogP contribution in [0.15, 0.2) is 12.4 Å². The predicted molar refractivity (Wildman–Crippen MR) is 84.5 cm³/mol. The first kappa shape index (κ1) is 14.8. The Bertz CT molecular complexity index is 661. The summed E-state index contributed by atoms with van der Waals surface area (Å²) in [6.45, 7) is 8.52. The maximum Gasteiger partial charge on any atom is 0.200 e. The summed E-state index contributed by atoms with van der Waals surface area (Å²) in [4.78, 5) is 4.84. The number of hydrogen-bond acceptors (Lipinski definition) is 7. The highest BCUT2D eigenvalue weighted by Gasteiger charge is 2.22. The van der Waals surface area contributed by atoms with Crippen LogP contribution in [0.25, 0.3) is 5.65 Å². The van der Waals surface area contributed by atoms with Gasteiger partial charge in [-0.2, -0.15) is 9.61 Å². The zero-order chi connectivity index (χ0) is 15.6. The van der Waals surface area contributed by atoms with Crippen LogP contribution in [0.3, 0.4) is 0 Å². The molecule has 0 unspecified atom stereocenters. The number of hydrogen-bond donors (Lipinski definition) is 0. The summed E-state index contributed by atoms with van der Waals surface area (Å²) in [6.07, 6.45) is 2.60. The molecule has 8 heteroatoms. The molecule has 2 aromatic rings. The molecule has 0 aliphatic carbocycles. The van der Waals surface area contributed by atoms with Crippen molar-refractivity contribution in [1.29, 1.82) is 0 Å². The van der Waals surface area contributed by atoms with E-state index in [9.17, 15) is 0 Å². The molecular formula is C15H22N6O2. The van der Waals surface area contributed by atoms with Crippen LogP contribution < -0.4 is 4.90 Å². The van der Waals surface area contributed by atoms with Gasteiger partial charge in [-0.15, -0.1) is 10.2 Å². The van der Waals surface area contributed by atoms with E-state index in [0.717, 1.165) is 69.4 Å². The van der Waals surface area contributed by atoms with E-state index in [-0.39, 0.29) is 6.29 Å². The van der Waals surface area contributed by atoms with Crippen molar-refractivity contribution < 1.29 is 9.47 Å². The monoisotopic (exact) mass is 318 g/mol. The highest BCUT2D eigenvalue weighted by Crippen LogP contribution is 2.22. The molecule has 23 heavy (non-hydrogen) atoms. The smallest absolute Gasteiger partial charge is 0.200 e. The van der Waals surface area contributed by atoms with Crippen molar-refractivity contribution in [2.75, 3.05) is 50.8 Å². The molecule has 2 fully saturated rings. The van der Waals surface area contributed by atoms with Gasteiger partial charge in [-0.25, -0.2) is 0 Å². The molecule has 8 nitrogen and oxygen atoms in total. The van der Waals surface area contributed by atoms with Crippen molar-refractivity contribution in [2.45, 2.75) is 19.6 Å². The van der Waals surface area contributed by atoms with Crippen LogP contribution in [0.1, 0.15) is 12.1 Å². The van der Waals surface area contributed by atoms with Crippen molar-refractivity contribution >= 4 is 11.3 Å². The number of aromatic nitrogens is 4. The topological polar surface area (TPSA) is 68.0 Å². The first-order valence-electron chi connectivity index (χ1n) is 8.18. The molecular weight excluding hydrogens is 296 g/mol. The number of anilines is 1. The van der Waals surface area contributed by atoms with Crippen molar-refractivity contribution in [2.24, 2.45) is 0 Å². The first-order valence-corrected chi connectivity index (χ1v) is 8.18. The van der Waals surface area contributed by atoms with Gasteiger partial charge in [-0.3, -0.25) is 4.90 Å². The Morgan fingerprint density at radius 3 is 2.74 bits per heavy atom. The lowest BCUT2D eigenvalue weighted by Crippen LogP contribution is -2.47. The van der Waals surface area contributed by atoms with E-state index in [1.165, 1.54) is 0 Å². The number of rotatable bonds is 4. The van der Waals surface area contributed by atoms with E-state index >= 15 is 0 Å². The van der Waals surface area contributed by atoms with Gasteiger partial charge in [0.05, 0.1) is 24.6 Å². The largest absolute Gasteiger partial charge is 0.366 e. The molecule has 0 saturated carbocycles. The third kappa shape index (κ3) is 3.15.